The van der Waals surface area contributed by atoms with Crippen molar-refractivity contribution in [3.63, 3.8) is 0 Å². The number of carbonyl (C=O) groups excluding carboxylic acids is 2. The number of fused-ring (bicyclic) bond motifs is 1. The first-order chi connectivity index (χ1) is 13.0. The molecule has 1 saturated heterocycles. The maximum atomic E-state index is 12.5. The Kier molecular flexibility index (Phi) is 4.43. The molecule has 3 heterocycles. The van der Waals surface area contributed by atoms with Crippen molar-refractivity contribution in [2.75, 3.05) is 13.1 Å². The molecule has 1 aromatic heterocycles. The number of benzene rings is 1. The summed E-state index contributed by atoms with van der Waals surface area (Å²) in [6, 6.07) is 6.97. The first-order valence-corrected chi connectivity index (χ1v) is 9.70. The number of aromatic hydroxyl groups is 1. The topological polar surface area (TPSA) is 92.0 Å². The Morgan fingerprint density at radius 1 is 1.26 bits per heavy atom. The SMILES string of the molecule is CC1CCN(C(=O)Cn2c(O)c(C3=c4ccccc4=NC3=O)sc2=O)CC1. The molecular formula is C19H19N3O4S. The Labute approximate surface area is 158 Å². The van der Waals surface area contributed by atoms with Crippen molar-refractivity contribution in [3.8, 4) is 5.88 Å². The van der Waals surface area contributed by atoms with Crippen LogP contribution in [0.1, 0.15) is 24.6 Å². The number of piperidine rings is 1. The zero-order valence-corrected chi connectivity index (χ0v) is 15.7. The minimum Gasteiger partial charge on any atom is -0.493 e. The first kappa shape index (κ1) is 17.7. The lowest BCUT2D eigenvalue weighted by Crippen LogP contribution is -2.40. The van der Waals surface area contributed by atoms with Gasteiger partial charge in [-0.05, 0) is 24.8 Å². The van der Waals surface area contributed by atoms with Crippen LogP contribution in [0.3, 0.4) is 0 Å². The van der Waals surface area contributed by atoms with Crippen LogP contribution in [0.2, 0.25) is 0 Å². The van der Waals surface area contributed by atoms with Crippen LogP contribution < -0.4 is 15.4 Å². The summed E-state index contributed by atoms with van der Waals surface area (Å²) >= 11 is 0.763. The van der Waals surface area contributed by atoms with E-state index in [1.54, 1.807) is 29.2 Å². The molecule has 2 aliphatic rings. The van der Waals surface area contributed by atoms with Crippen LogP contribution in [0.4, 0.5) is 0 Å². The van der Waals surface area contributed by atoms with Crippen molar-refractivity contribution in [3.05, 3.63) is 49.4 Å². The average molecular weight is 385 g/mol. The summed E-state index contributed by atoms with van der Waals surface area (Å²) in [6.45, 7) is 3.25. The van der Waals surface area contributed by atoms with Gasteiger partial charge in [-0.1, -0.05) is 36.5 Å². The molecule has 2 amide bonds. The highest BCUT2D eigenvalue weighted by molar-refractivity contribution is 7.11. The smallest absolute Gasteiger partial charge is 0.311 e. The van der Waals surface area contributed by atoms with Crippen molar-refractivity contribution in [1.29, 1.82) is 0 Å². The van der Waals surface area contributed by atoms with E-state index >= 15 is 0 Å². The summed E-state index contributed by atoms with van der Waals surface area (Å²) in [5.41, 5.74) is 0.211. The molecule has 0 radical (unpaired) electrons. The van der Waals surface area contributed by atoms with Gasteiger partial charge in [-0.25, -0.2) is 4.99 Å². The molecule has 1 N–H and O–H groups in total. The highest BCUT2D eigenvalue weighted by atomic mass is 32.1. The molecule has 2 aromatic rings. The third kappa shape index (κ3) is 3.10. The second-order valence-electron chi connectivity index (χ2n) is 6.98. The molecule has 0 spiro atoms. The molecule has 140 valence electrons. The Morgan fingerprint density at radius 3 is 2.70 bits per heavy atom. The van der Waals surface area contributed by atoms with E-state index in [1.165, 1.54) is 0 Å². The summed E-state index contributed by atoms with van der Waals surface area (Å²) in [5, 5.41) is 11.7. The highest BCUT2D eigenvalue weighted by Crippen LogP contribution is 2.28. The molecule has 0 bridgehead atoms. The van der Waals surface area contributed by atoms with Gasteiger partial charge in [0.25, 0.3) is 5.91 Å². The lowest BCUT2D eigenvalue weighted by Gasteiger charge is -2.30. The van der Waals surface area contributed by atoms with Crippen molar-refractivity contribution >= 4 is 28.7 Å². The average Bonchev–Trinajstić information content (AvgIpc) is 3.12. The van der Waals surface area contributed by atoms with Gasteiger partial charge in [0.05, 0.1) is 10.9 Å². The van der Waals surface area contributed by atoms with Crippen LogP contribution >= 0.6 is 11.3 Å². The van der Waals surface area contributed by atoms with Gasteiger partial charge in [0.1, 0.15) is 11.4 Å². The monoisotopic (exact) mass is 385 g/mol. The van der Waals surface area contributed by atoms with Crippen molar-refractivity contribution in [2.24, 2.45) is 10.9 Å². The molecule has 0 atom stereocenters. The Bertz CT molecular complexity index is 1110. The van der Waals surface area contributed by atoms with Gasteiger partial charge >= 0.3 is 4.87 Å². The number of rotatable bonds is 3. The summed E-state index contributed by atoms with van der Waals surface area (Å²) in [6.07, 6.45) is 1.87. The molecule has 7 nitrogen and oxygen atoms in total. The van der Waals surface area contributed by atoms with Crippen molar-refractivity contribution in [1.82, 2.24) is 9.47 Å². The number of carbonyl (C=O) groups is 2. The number of likely N-dealkylation sites (tertiary alicyclic amines) is 1. The maximum Gasteiger partial charge on any atom is 0.311 e. The first-order valence-electron chi connectivity index (χ1n) is 8.89. The fourth-order valence-corrected chi connectivity index (χ4v) is 4.41. The molecule has 1 fully saturated rings. The molecule has 8 heteroatoms. The summed E-state index contributed by atoms with van der Waals surface area (Å²) in [4.78, 5) is 42.6. The molecule has 0 aliphatic carbocycles. The van der Waals surface area contributed by atoms with E-state index in [9.17, 15) is 19.5 Å². The van der Waals surface area contributed by atoms with E-state index in [0.29, 0.717) is 29.6 Å². The van der Waals surface area contributed by atoms with Gasteiger partial charge in [-0.3, -0.25) is 19.0 Å². The fourth-order valence-electron chi connectivity index (χ4n) is 3.48. The lowest BCUT2D eigenvalue weighted by molar-refractivity contribution is -0.133. The van der Waals surface area contributed by atoms with Gasteiger partial charge in [0, 0.05) is 18.3 Å². The van der Waals surface area contributed by atoms with Gasteiger partial charge < -0.3 is 10.0 Å². The van der Waals surface area contributed by atoms with Crippen LogP contribution in [0.5, 0.6) is 5.88 Å². The van der Waals surface area contributed by atoms with E-state index < -0.39 is 10.8 Å². The largest absolute Gasteiger partial charge is 0.493 e. The quantitative estimate of drug-likeness (QED) is 0.819. The molecule has 27 heavy (non-hydrogen) atoms. The van der Waals surface area contributed by atoms with Crippen LogP contribution in [0, 0.1) is 5.92 Å². The zero-order chi connectivity index (χ0) is 19.1. The van der Waals surface area contributed by atoms with Crippen molar-refractivity contribution in [2.45, 2.75) is 26.3 Å². The summed E-state index contributed by atoms with van der Waals surface area (Å²) in [5.74, 6) is -0.446. The normalized spacial score (nSPS) is 17.1. The number of aromatic nitrogens is 1. The van der Waals surface area contributed by atoms with E-state index in [2.05, 4.69) is 11.9 Å². The predicted molar refractivity (Wildman–Crippen MR) is 100.0 cm³/mol. The van der Waals surface area contributed by atoms with Gasteiger partial charge in [-0.15, -0.1) is 0 Å². The Balaban J connectivity index is 1.68. The van der Waals surface area contributed by atoms with E-state index in [-0.39, 0.29) is 28.8 Å². The molecule has 2 aliphatic heterocycles. The van der Waals surface area contributed by atoms with Crippen LogP contribution in [-0.4, -0.2) is 39.5 Å². The number of thiazole rings is 1. The molecule has 0 saturated carbocycles. The van der Waals surface area contributed by atoms with Gasteiger partial charge in [0.15, 0.2) is 0 Å². The molecular weight excluding hydrogens is 366 g/mol. The number of amides is 2. The van der Waals surface area contributed by atoms with Crippen LogP contribution in [-0.2, 0) is 16.1 Å². The standard InChI is InChI=1S/C19H19N3O4S/c1-11-6-8-21(9-7-11)14(23)10-22-18(25)16(27-19(22)26)15-12-4-2-3-5-13(12)20-17(15)24/h2-5,11,25H,6-10H2,1H3. The van der Waals surface area contributed by atoms with Gasteiger partial charge in [-0.2, -0.15) is 0 Å². The van der Waals surface area contributed by atoms with E-state index in [1.807, 2.05) is 0 Å². The second-order valence-corrected chi connectivity index (χ2v) is 7.94. The number of para-hydroxylation sites is 1. The lowest BCUT2D eigenvalue weighted by atomic mass is 9.99. The van der Waals surface area contributed by atoms with E-state index in [0.717, 1.165) is 28.7 Å². The Hall–Kier alpha value is -2.74. The number of hydrogen-bond acceptors (Lipinski definition) is 5. The number of hydrogen-bond donors (Lipinski definition) is 1. The highest BCUT2D eigenvalue weighted by Gasteiger charge is 2.28. The second kappa shape index (κ2) is 6.77. The molecule has 4 rings (SSSR count). The number of nitrogens with zero attached hydrogens (tertiary/aromatic N) is 3. The summed E-state index contributed by atoms with van der Waals surface area (Å²) in [7, 11) is 0. The molecule has 0 unspecified atom stereocenters. The minimum atomic E-state index is -0.490. The van der Waals surface area contributed by atoms with Crippen molar-refractivity contribution < 1.29 is 14.7 Å². The van der Waals surface area contributed by atoms with E-state index in [4.69, 9.17) is 0 Å². The Morgan fingerprint density at radius 2 is 1.96 bits per heavy atom. The van der Waals surface area contributed by atoms with Crippen LogP contribution in [0.25, 0.3) is 5.57 Å². The maximum absolute atomic E-state index is 12.5. The third-order valence-corrected chi connectivity index (χ3v) is 6.12. The third-order valence-electron chi connectivity index (χ3n) is 5.13. The van der Waals surface area contributed by atoms with Crippen LogP contribution in [0.15, 0.2) is 34.1 Å². The minimum absolute atomic E-state index is 0.166. The van der Waals surface area contributed by atoms with Gasteiger partial charge in [0.2, 0.25) is 11.8 Å². The predicted octanol–water partition coefficient (Wildman–Crippen LogP) is 0.233. The zero-order valence-electron chi connectivity index (χ0n) is 14.8. The summed E-state index contributed by atoms with van der Waals surface area (Å²) < 4.78 is 1.04. The fraction of sp³-hybridized carbons (Fsp3) is 0.368. The molecule has 1 aromatic carbocycles.